The van der Waals surface area contributed by atoms with Crippen LogP contribution in [-0.4, -0.2) is 12.0 Å². The van der Waals surface area contributed by atoms with Gasteiger partial charge in [-0.2, -0.15) is 0 Å². The molecule has 106 valence electrons. The lowest BCUT2D eigenvalue weighted by Gasteiger charge is -2.19. The molecule has 7 heteroatoms. The van der Waals surface area contributed by atoms with E-state index in [4.69, 9.17) is 0 Å². The van der Waals surface area contributed by atoms with Crippen LogP contribution in [-0.2, 0) is 11.9 Å². The SMILES string of the molecule is CN(Cc1cc(Br)cs1)c1ccc([N+](=O)[O-])c(CBr)c1. The van der Waals surface area contributed by atoms with Crippen molar-refractivity contribution in [2.24, 2.45) is 0 Å². The normalized spacial score (nSPS) is 10.6. The highest BCUT2D eigenvalue weighted by Crippen LogP contribution is 2.28. The van der Waals surface area contributed by atoms with Crippen molar-refractivity contribution >= 4 is 54.6 Å². The summed E-state index contributed by atoms with van der Waals surface area (Å²) in [6.45, 7) is 0.774. The Bertz CT molecular complexity index is 631. The maximum Gasteiger partial charge on any atom is 0.273 e. The van der Waals surface area contributed by atoms with Crippen molar-refractivity contribution in [1.82, 2.24) is 0 Å². The van der Waals surface area contributed by atoms with Gasteiger partial charge in [0.25, 0.3) is 5.69 Å². The minimum absolute atomic E-state index is 0.151. The van der Waals surface area contributed by atoms with E-state index < -0.39 is 0 Å². The maximum absolute atomic E-state index is 10.9. The van der Waals surface area contributed by atoms with Crippen LogP contribution < -0.4 is 4.90 Å². The van der Waals surface area contributed by atoms with Gasteiger partial charge in [-0.15, -0.1) is 11.3 Å². The summed E-state index contributed by atoms with van der Waals surface area (Å²) >= 11 is 8.42. The van der Waals surface area contributed by atoms with Gasteiger partial charge in [0.1, 0.15) is 0 Å². The van der Waals surface area contributed by atoms with E-state index in [1.54, 1.807) is 23.5 Å². The third-order valence-electron chi connectivity index (χ3n) is 2.86. The van der Waals surface area contributed by atoms with E-state index in [-0.39, 0.29) is 10.6 Å². The lowest BCUT2D eigenvalue weighted by molar-refractivity contribution is -0.385. The molecule has 0 aliphatic rings. The average molecular weight is 420 g/mol. The molecule has 0 N–H and O–H groups in total. The standard InChI is InChI=1S/C13H12Br2N2O2S/c1-16(7-12-5-10(15)8-20-12)11-2-3-13(17(18)19)9(4-11)6-14/h2-5,8H,6-7H2,1H3. The van der Waals surface area contributed by atoms with Crippen LogP contribution in [0.15, 0.2) is 34.1 Å². The molecule has 0 atom stereocenters. The second kappa shape index (κ2) is 6.69. The molecule has 4 nitrogen and oxygen atoms in total. The number of nitro groups is 1. The molecule has 0 amide bonds. The van der Waals surface area contributed by atoms with Gasteiger partial charge in [-0.1, -0.05) is 15.9 Å². The number of nitro benzene ring substituents is 1. The van der Waals surface area contributed by atoms with Crippen molar-refractivity contribution in [2.75, 3.05) is 11.9 Å². The molecule has 0 radical (unpaired) electrons. The zero-order valence-electron chi connectivity index (χ0n) is 10.7. The molecular weight excluding hydrogens is 408 g/mol. The van der Waals surface area contributed by atoms with Gasteiger partial charge >= 0.3 is 0 Å². The number of hydrogen-bond donors (Lipinski definition) is 0. The summed E-state index contributed by atoms with van der Waals surface area (Å²) in [6.07, 6.45) is 0. The molecule has 1 aromatic heterocycles. The Hall–Kier alpha value is -0.920. The third-order valence-corrected chi connectivity index (χ3v) is 5.15. The number of halogens is 2. The van der Waals surface area contributed by atoms with E-state index in [1.807, 2.05) is 18.5 Å². The molecule has 0 saturated carbocycles. The predicted molar refractivity (Wildman–Crippen MR) is 89.9 cm³/mol. The number of hydrogen-bond acceptors (Lipinski definition) is 4. The van der Waals surface area contributed by atoms with Crippen molar-refractivity contribution in [3.05, 3.63) is 54.7 Å². The van der Waals surface area contributed by atoms with Gasteiger partial charge in [-0.3, -0.25) is 10.1 Å². The molecule has 0 unspecified atom stereocenters. The second-order valence-corrected chi connectivity index (χ2v) is 6.76. The highest BCUT2D eigenvalue weighted by molar-refractivity contribution is 9.10. The lowest BCUT2D eigenvalue weighted by atomic mass is 10.1. The van der Waals surface area contributed by atoms with Gasteiger partial charge < -0.3 is 4.90 Å². The Labute approximate surface area is 137 Å². The van der Waals surface area contributed by atoms with Crippen LogP contribution in [0.2, 0.25) is 0 Å². The summed E-state index contributed by atoms with van der Waals surface area (Å²) in [5, 5.41) is 13.4. The fourth-order valence-electron chi connectivity index (χ4n) is 1.86. The topological polar surface area (TPSA) is 46.4 Å². The first-order chi connectivity index (χ1) is 9.51. The molecule has 0 spiro atoms. The van der Waals surface area contributed by atoms with Crippen molar-refractivity contribution in [1.29, 1.82) is 0 Å². The van der Waals surface area contributed by atoms with E-state index in [1.165, 1.54) is 4.88 Å². The van der Waals surface area contributed by atoms with Crippen LogP contribution in [0.1, 0.15) is 10.4 Å². The number of thiophene rings is 1. The van der Waals surface area contributed by atoms with E-state index >= 15 is 0 Å². The van der Waals surface area contributed by atoms with Gasteiger partial charge in [0, 0.05) is 44.4 Å². The highest BCUT2D eigenvalue weighted by Gasteiger charge is 2.14. The fraction of sp³-hybridized carbons (Fsp3) is 0.231. The Balaban J connectivity index is 2.21. The highest BCUT2D eigenvalue weighted by atomic mass is 79.9. The molecule has 0 bridgehead atoms. The molecule has 20 heavy (non-hydrogen) atoms. The number of rotatable bonds is 5. The van der Waals surface area contributed by atoms with Crippen LogP contribution >= 0.6 is 43.2 Å². The first-order valence-corrected chi connectivity index (χ1v) is 8.58. The Morgan fingerprint density at radius 2 is 2.15 bits per heavy atom. The molecule has 1 heterocycles. The van der Waals surface area contributed by atoms with Crippen LogP contribution in [0.5, 0.6) is 0 Å². The van der Waals surface area contributed by atoms with Crippen molar-refractivity contribution in [3.63, 3.8) is 0 Å². The zero-order chi connectivity index (χ0) is 14.7. The van der Waals surface area contributed by atoms with Crippen molar-refractivity contribution < 1.29 is 4.92 Å². The molecule has 0 aliphatic heterocycles. The fourth-order valence-corrected chi connectivity index (χ4v) is 3.81. The number of anilines is 1. The zero-order valence-corrected chi connectivity index (χ0v) is 14.7. The van der Waals surface area contributed by atoms with Gasteiger partial charge in [0.2, 0.25) is 0 Å². The molecule has 2 rings (SSSR count). The molecule has 0 fully saturated rings. The van der Waals surface area contributed by atoms with Gasteiger partial charge in [0.05, 0.1) is 11.5 Å². The molecular formula is C13H12Br2N2O2S. The minimum atomic E-state index is -0.350. The van der Waals surface area contributed by atoms with Crippen molar-refractivity contribution in [3.8, 4) is 0 Å². The van der Waals surface area contributed by atoms with E-state index in [0.717, 1.165) is 16.7 Å². The van der Waals surface area contributed by atoms with E-state index in [0.29, 0.717) is 10.9 Å². The maximum atomic E-state index is 10.9. The van der Waals surface area contributed by atoms with Crippen LogP contribution in [0.3, 0.4) is 0 Å². The van der Waals surface area contributed by atoms with E-state index in [2.05, 4.69) is 42.8 Å². The average Bonchev–Trinajstić information content (AvgIpc) is 2.83. The largest absolute Gasteiger partial charge is 0.369 e. The summed E-state index contributed by atoms with van der Waals surface area (Å²) in [5.74, 6) is 0. The number of benzene rings is 1. The van der Waals surface area contributed by atoms with Gasteiger partial charge in [0.15, 0.2) is 0 Å². The van der Waals surface area contributed by atoms with Crippen LogP contribution in [0.25, 0.3) is 0 Å². The van der Waals surface area contributed by atoms with Crippen LogP contribution in [0, 0.1) is 10.1 Å². The third kappa shape index (κ3) is 3.59. The molecule has 2 aromatic rings. The first kappa shape index (κ1) is 15.5. The first-order valence-electron chi connectivity index (χ1n) is 5.78. The Morgan fingerprint density at radius 1 is 1.40 bits per heavy atom. The number of alkyl halides is 1. The van der Waals surface area contributed by atoms with Crippen molar-refractivity contribution in [2.45, 2.75) is 11.9 Å². The Morgan fingerprint density at radius 3 is 2.70 bits per heavy atom. The monoisotopic (exact) mass is 418 g/mol. The Kier molecular flexibility index (Phi) is 5.17. The van der Waals surface area contributed by atoms with Crippen LogP contribution in [0.4, 0.5) is 11.4 Å². The summed E-state index contributed by atoms with van der Waals surface area (Å²) in [5.41, 5.74) is 1.80. The second-order valence-electron chi connectivity index (χ2n) is 4.29. The summed E-state index contributed by atoms with van der Waals surface area (Å²) in [7, 11) is 1.98. The minimum Gasteiger partial charge on any atom is -0.369 e. The predicted octanol–water partition coefficient (Wildman–Crippen LogP) is 4.95. The lowest BCUT2D eigenvalue weighted by Crippen LogP contribution is -2.15. The molecule has 1 aromatic carbocycles. The summed E-state index contributed by atoms with van der Waals surface area (Å²) in [4.78, 5) is 13.9. The number of nitrogens with zero attached hydrogens (tertiary/aromatic N) is 2. The quantitative estimate of drug-likeness (QED) is 0.391. The molecule has 0 saturated heterocycles. The summed E-state index contributed by atoms with van der Waals surface area (Å²) < 4.78 is 1.08. The molecule has 0 aliphatic carbocycles. The smallest absolute Gasteiger partial charge is 0.273 e. The van der Waals surface area contributed by atoms with Gasteiger partial charge in [-0.25, -0.2) is 0 Å². The van der Waals surface area contributed by atoms with Gasteiger partial charge in [-0.05, 0) is 34.1 Å². The van der Waals surface area contributed by atoms with E-state index in [9.17, 15) is 10.1 Å². The summed E-state index contributed by atoms with van der Waals surface area (Å²) in [6, 6.07) is 7.28.